The highest BCUT2D eigenvalue weighted by Crippen LogP contribution is 2.36. The van der Waals surface area contributed by atoms with Gasteiger partial charge in [0.05, 0.1) is 6.61 Å². The minimum absolute atomic E-state index is 0.139. The maximum absolute atomic E-state index is 11.2. The van der Waals surface area contributed by atoms with Gasteiger partial charge in [0, 0.05) is 24.2 Å². The van der Waals surface area contributed by atoms with Crippen molar-refractivity contribution in [2.45, 2.75) is 50.7 Å². The van der Waals surface area contributed by atoms with E-state index in [1.165, 1.54) is 12.4 Å². The van der Waals surface area contributed by atoms with Gasteiger partial charge < -0.3 is 4.43 Å². The third-order valence-corrected chi connectivity index (χ3v) is 8.77. The van der Waals surface area contributed by atoms with Gasteiger partial charge in [0.1, 0.15) is 0 Å². The minimum atomic E-state index is -3.34. The summed E-state index contributed by atoms with van der Waals surface area (Å²) in [7, 11) is -5.15. The Labute approximate surface area is 116 Å². The second kappa shape index (κ2) is 5.30. The lowest BCUT2D eigenvalue weighted by Gasteiger charge is -2.36. The summed E-state index contributed by atoms with van der Waals surface area (Å²) in [4.78, 5) is 7.70. The summed E-state index contributed by atoms with van der Waals surface area (Å²) < 4.78 is 28.5. The SMILES string of the molecule is CC(C)(C)[Si](C)(C)OCc1cnc(S(C)(=O)=O)nc1. The lowest BCUT2D eigenvalue weighted by molar-refractivity contribution is 0.275. The van der Waals surface area contributed by atoms with Crippen LogP contribution < -0.4 is 0 Å². The van der Waals surface area contributed by atoms with E-state index in [1.807, 2.05) is 0 Å². The van der Waals surface area contributed by atoms with Crippen molar-refractivity contribution in [2.75, 3.05) is 6.26 Å². The van der Waals surface area contributed by atoms with E-state index in [4.69, 9.17) is 4.43 Å². The number of hydrogen-bond donors (Lipinski definition) is 0. The predicted octanol–water partition coefficient (Wildman–Crippen LogP) is 2.40. The van der Waals surface area contributed by atoms with Crippen molar-refractivity contribution in [2.24, 2.45) is 0 Å². The van der Waals surface area contributed by atoms with Gasteiger partial charge in [-0.15, -0.1) is 0 Å². The molecule has 0 fully saturated rings. The van der Waals surface area contributed by atoms with Gasteiger partial charge in [0.25, 0.3) is 0 Å². The molecule has 0 aromatic carbocycles. The molecule has 0 aliphatic heterocycles. The molecule has 1 aromatic rings. The van der Waals surface area contributed by atoms with E-state index in [0.29, 0.717) is 6.61 Å². The van der Waals surface area contributed by atoms with Gasteiger partial charge >= 0.3 is 0 Å². The van der Waals surface area contributed by atoms with Crippen LogP contribution >= 0.6 is 0 Å². The number of aromatic nitrogens is 2. The fraction of sp³-hybridized carbons (Fsp3) is 0.667. The smallest absolute Gasteiger partial charge is 0.246 e. The molecule has 0 unspecified atom stereocenters. The molecule has 108 valence electrons. The quantitative estimate of drug-likeness (QED) is 0.631. The average molecular weight is 302 g/mol. The van der Waals surface area contributed by atoms with E-state index >= 15 is 0 Å². The van der Waals surface area contributed by atoms with Gasteiger partial charge in [0.15, 0.2) is 8.32 Å². The van der Waals surface area contributed by atoms with E-state index in [-0.39, 0.29) is 10.2 Å². The predicted molar refractivity (Wildman–Crippen MR) is 77.1 cm³/mol. The molecule has 1 rings (SSSR count). The molecule has 5 nitrogen and oxygen atoms in total. The molecule has 0 radical (unpaired) electrons. The van der Waals surface area contributed by atoms with Crippen LogP contribution in [0.15, 0.2) is 17.6 Å². The summed E-state index contributed by atoms with van der Waals surface area (Å²) in [6, 6.07) is 0. The summed E-state index contributed by atoms with van der Waals surface area (Å²) in [6.07, 6.45) is 4.11. The molecule has 0 atom stereocenters. The van der Waals surface area contributed by atoms with E-state index in [9.17, 15) is 8.42 Å². The molecule has 1 aromatic heterocycles. The van der Waals surface area contributed by atoms with Crippen molar-refractivity contribution in [3.05, 3.63) is 18.0 Å². The number of nitrogens with zero attached hydrogens (tertiary/aromatic N) is 2. The molecule has 0 amide bonds. The maximum atomic E-state index is 11.2. The van der Waals surface area contributed by atoms with Crippen LogP contribution in [0.5, 0.6) is 0 Å². The monoisotopic (exact) mass is 302 g/mol. The molecule has 0 N–H and O–H groups in total. The summed E-state index contributed by atoms with van der Waals surface area (Å²) in [6.45, 7) is 11.3. The highest BCUT2D eigenvalue weighted by atomic mass is 32.2. The molecule has 0 spiro atoms. The Morgan fingerprint density at radius 1 is 1.21 bits per heavy atom. The highest BCUT2D eigenvalue weighted by molar-refractivity contribution is 7.90. The first-order chi connectivity index (χ1) is 8.43. The maximum Gasteiger partial charge on any atom is 0.246 e. The Hall–Kier alpha value is -0.793. The van der Waals surface area contributed by atoms with Gasteiger partial charge in [-0.2, -0.15) is 0 Å². The van der Waals surface area contributed by atoms with Crippen LogP contribution in [0.1, 0.15) is 26.3 Å². The zero-order chi connectivity index (χ0) is 14.9. The molecular weight excluding hydrogens is 280 g/mol. The molecular formula is C12H22N2O3SSi. The van der Waals surface area contributed by atoms with E-state index in [0.717, 1.165) is 11.8 Å². The Kier molecular flexibility index (Phi) is 4.53. The second-order valence-electron chi connectivity index (χ2n) is 6.20. The fourth-order valence-electron chi connectivity index (χ4n) is 1.09. The zero-order valence-electron chi connectivity index (χ0n) is 12.4. The highest BCUT2D eigenvalue weighted by Gasteiger charge is 2.37. The van der Waals surface area contributed by atoms with Gasteiger partial charge in [-0.3, -0.25) is 0 Å². The second-order valence-corrected chi connectivity index (χ2v) is 12.9. The minimum Gasteiger partial charge on any atom is -0.412 e. The summed E-state index contributed by atoms with van der Waals surface area (Å²) in [5.74, 6) is 0. The van der Waals surface area contributed by atoms with Crippen LogP contribution in [0.25, 0.3) is 0 Å². The normalized spacial score (nSPS) is 13.6. The van der Waals surface area contributed by atoms with E-state index in [2.05, 4.69) is 43.8 Å². The van der Waals surface area contributed by atoms with E-state index < -0.39 is 18.2 Å². The van der Waals surface area contributed by atoms with Crippen LogP contribution in [0.2, 0.25) is 18.1 Å². The van der Waals surface area contributed by atoms with Crippen LogP contribution in [-0.4, -0.2) is 33.0 Å². The first-order valence-electron chi connectivity index (χ1n) is 6.08. The molecule has 0 aliphatic carbocycles. The summed E-state index contributed by atoms with van der Waals surface area (Å²) in [5.41, 5.74) is 0.789. The Balaban J connectivity index is 2.76. The molecule has 19 heavy (non-hydrogen) atoms. The molecule has 0 aliphatic rings. The van der Waals surface area contributed by atoms with Crippen molar-refractivity contribution >= 4 is 18.2 Å². The topological polar surface area (TPSA) is 69.2 Å². The Morgan fingerprint density at radius 2 is 1.68 bits per heavy atom. The number of rotatable bonds is 4. The number of hydrogen-bond acceptors (Lipinski definition) is 5. The standard InChI is InChI=1S/C12H22N2O3SSi/c1-12(2,3)19(5,6)17-9-10-7-13-11(14-8-10)18(4,15)16/h7-8H,9H2,1-6H3. The van der Waals surface area contributed by atoms with Crippen molar-refractivity contribution in [1.82, 2.24) is 9.97 Å². The van der Waals surface area contributed by atoms with Crippen LogP contribution in [0.3, 0.4) is 0 Å². The third kappa shape index (κ3) is 4.36. The first kappa shape index (κ1) is 16.3. The lowest BCUT2D eigenvalue weighted by atomic mass is 10.2. The van der Waals surface area contributed by atoms with Gasteiger partial charge in [-0.25, -0.2) is 18.4 Å². The molecule has 1 heterocycles. The van der Waals surface area contributed by atoms with Crippen LogP contribution in [0, 0.1) is 0 Å². The summed E-state index contributed by atoms with van der Waals surface area (Å²) in [5, 5.41) is -0.0100. The molecule has 0 bridgehead atoms. The fourth-order valence-corrected chi connectivity index (χ4v) is 2.54. The van der Waals surface area contributed by atoms with E-state index in [1.54, 1.807) is 0 Å². The third-order valence-electron chi connectivity index (χ3n) is 3.42. The zero-order valence-corrected chi connectivity index (χ0v) is 14.2. The van der Waals surface area contributed by atoms with Gasteiger partial charge in [-0.05, 0) is 18.1 Å². The molecule has 7 heteroatoms. The molecule has 0 saturated carbocycles. The van der Waals surface area contributed by atoms with Crippen LogP contribution in [-0.2, 0) is 20.9 Å². The van der Waals surface area contributed by atoms with Crippen LogP contribution in [0.4, 0.5) is 0 Å². The largest absolute Gasteiger partial charge is 0.412 e. The van der Waals surface area contributed by atoms with Gasteiger partial charge in [0.2, 0.25) is 15.0 Å². The average Bonchev–Trinajstić information content (AvgIpc) is 2.24. The van der Waals surface area contributed by atoms with Crippen molar-refractivity contribution in [3.8, 4) is 0 Å². The van der Waals surface area contributed by atoms with Gasteiger partial charge in [-0.1, -0.05) is 20.8 Å². The number of sulfone groups is 1. The van der Waals surface area contributed by atoms with Crippen molar-refractivity contribution in [1.29, 1.82) is 0 Å². The summed E-state index contributed by atoms with van der Waals surface area (Å²) >= 11 is 0. The van der Waals surface area contributed by atoms with Crippen molar-refractivity contribution in [3.63, 3.8) is 0 Å². The van der Waals surface area contributed by atoms with Crippen molar-refractivity contribution < 1.29 is 12.8 Å². The molecule has 0 saturated heterocycles. The first-order valence-corrected chi connectivity index (χ1v) is 10.9. The Morgan fingerprint density at radius 3 is 2.05 bits per heavy atom. The Bertz CT molecular complexity index is 533. The lowest BCUT2D eigenvalue weighted by Crippen LogP contribution is -2.40.